The van der Waals surface area contributed by atoms with E-state index < -0.39 is 0 Å². The van der Waals surface area contributed by atoms with Gasteiger partial charge < -0.3 is 0 Å². The third kappa shape index (κ3) is 2.40. The minimum Gasteiger partial charge on any atom is -0.0622 e. The molecule has 0 aromatic heterocycles. The lowest BCUT2D eigenvalue weighted by molar-refractivity contribution is 1.66. The topological polar surface area (TPSA) is 0 Å². The summed E-state index contributed by atoms with van der Waals surface area (Å²) in [5, 5.41) is 5.21. The van der Waals surface area contributed by atoms with Gasteiger partial charge in [-0.1, -0.05) is 91.0 Å². The van der Waals surface area contributed by atoms with E-state index in [-0.39, 0.29) is 0 Å². The molecule has 0 amide bonds. The van der Waals surface area contributed by atoms with E-state index in [1.54, 1.807) is 0 Å². The molecule has 0 saturated carbocycles. The molecule has 4 aromatic rings. The largest absolute Gasteiger partial charge is 0.0622 e. The third-order valence-corrected chi connectivity index (χ3v) is 4.04. The first-order valence-electron chi connectivity index (χ1n) is 7.55. The van der Waals surface area contributed by atoms with Gasteiger partial charge in [0.25, 0.3) is 0 Å². The standard InChI is InChI=1S/C22H16/c1-2-6-17(7-3-1)10-11-18-12-13-20-15-14-19-8-4-5-9-21(19)22(20)16-18/h1-16H. The Morgan fingerprint density at radius 2 is 1.09 bits per heavy atom. The van der Waals surface area contributed by atoms with E-state index in [1.807, 2.05) is 6.07 Å². The summed E-state index contributed by atoms with van der Waals surface area (Å²) in [6.07, 6.45) is 4.34. The van der Waals surface area contributed by atoms with Crippen LogP contribution in [-0.2, 0) is 0 Å². The van der Waals surface area contributed by atoms with E-state index in [2.05, 4.69) is 91.0 Å². The highest BCUT2D eigenvalue weighted by molar-refractivity contribution is 6.08. The lowest BCUT2D eigenvalue weighted by atomic mass is 10.00. The summed E-state index contributed by atoms with van der Waals surface area (Å²) < 4.78 is 0. The van der Waals surface area contributed by atoms with Crippen molar-refractivity contribution < 1.29 is 0 Å². The van der Waals surface area contributed by atoms with Crippen molar-refractivity contribution in [3.63, 3.8) is 0 Å². The maximum absolute atomic E-state index is 2.27. The van der Waals surface area contributed by atoms with Gasteiger partial charge in [-0.2, -0.15) is 0 Å². The lowest BCUT2D eigenvalue weighted by Gasteiger charge is -2.05. The van der Waals surface area contributed by atoms with Crippen LogP contribution in [0.2, 0.25) is 0 Å². The van der Waals surface area contributed by atoms with Crippen LogP contribution in [0.25, 0.3) is 33.7 Å². The van der Waals surface area contributed by atoms with Crippen molar-refractivity contribution in [1.29, 1.82) is 0 Å². The Kier molecular flexibility index (Phi) is 3.21. The summed E-state index contributed by atoms with van der Waals surface area (Å²) in [7, 11) is 0. The van der Waals surface area contributed by atoms with Crippen molar-refractivity contribution in [2.45, 2.75) is 0 Å². The predicted octanol–water partition coefficient (Wildman–Crippen LogP) is 6.16. The molecule has 0 fully saturated rings. The van der Waals surface area contributed by atoms with Crippen molar-refractivity contribution in [2.24, 2.45) is 0 Å². The van der Waals surface area contributed by atoms with Crippen LogP contribution in [0.15, 0.2) is 84.9 Å². The minimum absolute atomic E-state index is 1.22. The Morgan fingerprint density at radius 3 is 1.95 bits per heavy atom. The molecule has 0 atom stereocenters. The first kappa shape index (κ1) is 12.8. The highest BCUT2D eigenvalue weighted by atomic mass is 14.0. The molecular weight excluding hydrogens is 264 g/mol. The van der Waals surface area contributed by atoms with Crippen LogP contribution >= 0.6 is 0 Å². The molecule has 0 saturated heterocycles. The first-order valence-corrected chi connectivity index (χ1v) is 7.55. The predicted molar refractivity (Wildman–Crippen MR) is 96.8 cm³/mol. The van der Waals surface area contributed by atoms with Crippen LogP contribution in [0.4, 0.5) is 0 Å². The number of fused-ring (bicyclic) bond motifs is 3. The van der Waals surface area contributed by atoms with Gasteiger partial charge in [0, 0.05) is 0 Å². The van der Waals surface area contributed by atoms with Crippen LogP contribution in [-0.4, -0.2) is 0 Å². The summed E-state index contributed by atoms with van der Waals surface area (Å²) >= 11 is 0. The Balaban J connectivity index is 1.83. The second-order valence-electron chi connectivity index (χ2n) is 5.51. The summed E-state index contributed by atoms with van der Waals surface area (Å²) in [5.41, 5.74) is 2.45. The van der Waals surface area contributed by atoms with Gasteiger partial charge in [0.2, 0.25) is 0 Å². The van der Waals surface area contributed by atoms with E-state index in [9.17, 15) is 0 Å². The quantitative estimate of drug-likeness (QED) is 0.304. The molecule has 0 heterocycles. The smallest absolute Gasteiger partial charge is 0.00995 e. The van der Waals surface area contributed by atoms with Gasteiger partial charge >= 0.3 is 0 Å². The summed E-state index contributed by atoms with van der Waals surface area (Å²) in [6, 6.07) is 30.0. The Bertz CT molecular complexity index is 963. The average Bonchev–Trinajstić information content (AvgIpc) is 2.60. The van der Waals surface area contributed by atoms with Crippen LogP contribution in [0, 0.1) is 0 Å². The highest BCUT2D eigenvalue weighted by Crippen LogP contribution is 2.26. The lowest BCUT2D eigenvalue weighted by Crippen LogP contribution is -1.79. The summed E-state index contributed by atoms with van der Waals surface area (Å²) in [5.74, 6) is 0. The fraction of sp³-hybridized carbons (Fsp3) is 0. The second kappa shape index (κ2) is 5.50. The van der Waals surface area contributed by atoms with E-state index in [1.165, 1.54) is 32.7 Å². The van der Waals surface area contributed by atoms with E-state index in [0.717, 1.165) is 0 Å². The van der Waals surface area contributed by atoms with Crippen LogP contribution < -0.4 is 0 Å². The number of benzene rings is 4. The van der Waals surface area contributed by atoms with Crippen molar-refractivity contribution in [3.05, 3.63) is 96.1 Å². The van der Waals surface area contributed by atoms with Gasteiger partial charge in [-0.3, -0.25) is 0 Å². The van der Waals surface area contributed by atoms with Gasteiger partial charge in [-0.05, 0) is 38.7 Å². The molecule has 0 nitrogen and oxygen atoms in total. The molecular formula is C22H16. The Labute approximate surface area is 130 Å². The molecule has 0 unspecified atom stereocenters. The van der Waals surface area contributed by atoms with E-state index in [4.69, 9.17) is 0 Å². The normalized spacial score (nSPS) is 11.5. The molecule has 0 radical (unpaired) electrons. The third-order valence-electron chi connectivity index (χ3n) is 4.04. The van der Waals surface area contributed by atoms with E-state index >= 15 is 0 Å². The number of hydrogen-bond acceptors (Lipinski definition) is 0. The highest BCUT2D eigenvalue weighted by Gasteiger charge is 2.00. The van der Waals surface area contributed by atoms with Crippen LogP contribution in [0.3, 0.4) is 0 Å². The van der Waals surface area contributed by atoms with E-state index in [0.29, 0.717) is 0 Å². The molecule has 0 bridgehead atoms. The maximum Gasteiger partial charge on any atom is -0.00995 e. The number of rotatable bonds is 2. The monoisotopic (exact) mass is 280 g/mol. The van der Waals surface area contributed by atoms with Crippen molar-refractivity contribution in [1.82, 2.24) is 0 Å². The van der Waals surface area contributed by atoms with Crippen molar-refractivity contribution in [3.8, 4) is 0 Å². The molecule has 0 N–H and O–H groups in total. The summed E-state index contributed by atoms with van der Waals surface area (Å²) in [6.45, 7) is 0. The zero-order chi connectivity index (χ0) is 14.8. The Hall–Kier alpha value is -2.86. The second-order valence-corrected chi connectivity index (χ2v) is 5.51. The van der Waals surface area contributed by atoms with Crippen molar-refractivity contribution in [2.75, 3.05) is 0 Å². The molecule has 0 aliphatic heterocycles. The average molecular weight is 280 g/mol. The van der Waals surface area contributed by atoms with Gasteiger partial charge in [0.15, 0.2) is 0 Å². The molecule has 22 heavy (non-hydrogen) atoms. The van der Waals surface area contributed by atoms with Crippen LogP contribution in [0.5, 0.6) is 0 Å². The molecule has 0 spiro atoms. The molecule has 4 rings (SSSR count). The van der Waals surface area contributed by atoms with Gasteiger partial charge in [-0.15, -0.1) is 0 Å². The van der Waals surface area contributed by atoms with Gasteiger partial charge in [0.05, 0.1) is 0 Å². The maximum atomic E-state index is 2.27. The van der Waals surface area contributed by atoms with Crippen molar-refractivity contribution >= 4 is 33.7 Å². The molecule has 0 aliphatic carbocycles. The molecule has 104 valence electrons. The van der Waals surface area contributed by atoms with Gasteiger partial charge in [0.1, 0.15) is 0 Å². The minimum atomic E-state index is 1.22. The molecule has 4 aromatic carbocycles. The number of hydrogen-bond donors (Lipinski definition) is 0. The Morgan fingerprint density at radius 1 is 0.455 bits per heavy atom. The molecule has 0 aliphatic rings. The van der Waals surface area contributed by atoms with Crippen LogP contribution in [0.1, 0.15) is 11.1 Å². The van der Waals surface area contributed by atoms with Gasteiger partial charge in [-0.25, -0.2) is 0 Å². The zero-order valence-corrected chi connectivity index (χ0v) is 12.2. The fourth-order valence-corrected chi connectivity index (χ4v) is 2.88. The SMILES string of the molecule is C(=Cc1ccc2ccc3ccccc3c2c1)c1ccccc1. The fourth-order valence-electron chi connectivity index (χ4n) is 2.88. The first-order chi connectivity index (χ1) is 10.9. The summed E-state index contributed by atoms with van der Waals surface area (Å²) in [4.78, 5) is 0. The zero-order valence-electron chi connectivity index (χ0n) is 12.2. The molecule has 0 heteroatoms.